The van der Waals surface area contributed by atoms with Crippen LogP contribution in [0.25, 0.3) is 0 Å². The number of benzene rings is 1. The maximum atomic E-state index is 5.68. The molecule has 2 fully saturated rings. The third-order valence-corrected chi connectivity index (χ3v) is 7.48. The first kappa shape index (κ1) is 22.4. The van der Waals surface area contributed by atoms with Crippen molar-refractivity contribution in [3.63, 3.8) is 0 Å². The fourth-order valence-corrected chi connectivity index (χ4v) is 5.70. The summed E-state index contributed by atoms with van der Waals surface area (Å²) in [4.78, 5) is 14.6. The maximum Gasteiger partial charge on any atom is 0.232 e. The van der Waals surface area contributed by atoms with Crippen LogP contribution in [0.2, 0.25) is 0 Å². The van der Waals surface area contributed by atoms with E-state index in [4.69, 9.17) is 22.2 Å². The summed E-state index contributed by atoms with van der Waals surface area (Å²) in [5.41, 5.74) is 2.76. The second-order valence-corrected chi connectivity index (χ2v) is 10.4. The van der Waals surface area contributed by atoms with Crippen LogP contribution in [0.3, 0.4) is 0 Å². The lowest BCUT2D eigenvalue weighted by molar-refractivity contribution is 0.444. The van der Waals surface area contributed by atoms with Crippen LogP contribution in [0.15, 0.2) is 30.3 Å². The molecular weight excluding hydrogens is 428 g/mol. The van der Waals surface area contributed by atoms with Crippen LogP contribution in [0, 0.1) is 5.92 Å². The van der Waals surface area contributed by atoms with Crippen molar-refractivity contribution in [2.24, 2.45) is 5.92 Å². The van der Waals surface area contributed by atoms with E-state index >= 15 is 0 Å². The summed E-state index contributed by atoms with van der Waals surface area (Å²) in [6.45, 7) is 6.18. The van der Waals surface area contributed by atoms with Crippen LogP contribution in [0.1, 0.15) is 69.4 Å². The molecule has 0 amide bonds. The van der Waals surface area contributed by atoms with Crippen LogP contribution in [0.4, 0.5) is 17.6 Å². The van der Waals surface area contributed by atoms with E-state index in [2.05, 4.69) is 57.7 Å². The molecule has 5 rings (SSSR count). The minimum Gasteiger partial charge on any atom is -0.360 e. The van der Waals surface area contributed by atoms with Crippen molar-refractivity contribution in [2.75, 3.05) is 28.2 Å². The molecule has 33 heavy (non-hydrogen) atoms. The van der Waals surface area contributed by atoms with Crippen LogP contribution in [-0.4, -0.2) is 34.2 Å². The van der Waals surface area contributed by atoms with Crippen molar-refractivity contribution in [3.05, 3.63) is 41.5 Å². The molecule has 1 aliphatic carbocycles. The van der Waals surface area contributed by atoms with E-state index in [-0.39, 0.29) is 0 Å². The minimum absolute atomic E-state index is 0.450. The lowest BCUT2D eigenvalue weighted by Gasteiger charge is -2.32. The second kappa shape index (κ2) is 10.2. The summed E-state index contributed by atoms with van der Waals surface area (Å²) in [5.74, 6) is 3.25. The number of aromatic nitrogens is 2. The van der Waals surface area contributed by atoms with Gasteiger partial charge in [0.2, 0.25) is 5.95 Å². The summed E-state index contributed by atoms with van der Waals surface area (Å²) in [7, 11) is 0. The van der Waals surface area contributed by atoms with Crippen molar-refractivity contribution in [1.29, 1.82) is 0 Å². The van der Waals surface area contributed by atoms with Gasteiger partial charge < -0.3 is 20.4 Å². The zero-order chi connectivity index (χ0) is 22.6. The molecule has 1 atom stereocenters. The number of hydrogen-bond acceptors (Lipinski definition) is 5. The number of anilines is 3. The lowest BCUT2D eigenvalue weighted by atomic mass is 10.0. The first-order chi connectivity index (χ1) is 16.1. The zero-order valence-corrected chi connectivity index (χ0v) is 20.5. The molecule has 1 saturated heterocycles. The van der Waals surface area contributed by atoms with Gasteiger partial charge in [0.25, 0.3) is 0 Å². The van der Waals surface area contributed by atoms with Gasteiger partial charge in [0.15, 0.2) is 5.11 Å². The lowest BCUT2D eigenvalue weighted by Crippen LogP contribution is -2.38. The molecule has 0 bridgehead atoms. The summed E-state index contributed by atoms with van der Waals surface area (Å²) in [5, 5.41) is 7.50. The smallest absolute Gasteiger partial charge is 0.232 e. The number of thiocarbonyl (C=S) groups is 1. The summed E-state index contributed by atoms with van der Waals surface area (Å²) in [6, 6.07) is 11.3. The largest absolute Gasteiger partial charge is 0.360 e. The molecule has 2 N–H and O–H groups in total. The first-order valence-electron chi connectivity index (χ1n) is 12.7. The molecule has 3 aliphatic rings. The molecule has 0 radical (unpaired) electrons. The van der Waals surface area contributed by atoms with Crippen molar-refractivity contribution >= 4 is 34.9 Å². The van der Waals surface area contributed by atoms with Gasteiger partial charge in [-0.05, 0) is 54.9 Å². The third-order valence-electron chi connectivity index (χ3n) is 7.26. The minimum atomic E-state index is 0.450. The number of nitrogens with zero attached hydrogens (tertiary/aromatic N) is 4. The third kappa shape index (κ3) is 5.57. The van der Waals surface area contributed by atoms with E-state index in [0.717, 1.165) is 37.8 Å². The average molecular weight is 465 g/mol. The van der Waals surface area contributed by atoms with Crippen molar-refractivity contribution in [2.45, 2.75) is 77.4 Å². The SMILES string of the molecule is CC1CCCN(c2cc(N3Cc4ccccc4C3)nc(NC(=S)NC3CCCCCC3)n2)C1. The molecule has 3 heterocycles. The Hall–Kier alpha value is -2.41. The second-order valence-electron chi connectivity index (χ2n) is 10.0. The molecule has 7 heteroatoms. The predicted molar refractivity (Wildman–Crippen MR) is 140 cm³/mol. The van der Waals surface area contributed by atoms with Crippen molar-refractivity contribution in [3.8, 4) is 0 Å². The Balaban J connectivity index is 1.36. The van der Waals surface area contributed by atoms with Gasteiger partial charge in [0.05, 0.1) is 0 Å². The van der Waals surface area contributed by atoms with Crippen LogP contribution >= 0.6 is 12.2 Å². The van der Waals surface area contributed by atoms with Gasteiger partial charge in [-0.25, -0.2) is 0 Å². The van der Waals surface area contributed by atoms with E-state index in [1.54, 1.807) is 0 Å². The molecule has 176 valence electrons. The Morgan fingerprint density at radius 2 is 1.58 bits per heavy atom. The van der Waals surface area contributed by atoms with E-state index in [0.29, 0.717) is 23.0 Å². The molecule has 1 saturated carbocycles. The van der Waals surface area contributed by atoms with E-state index in [1.165, 1.54) is 62.5 Å². The van der Waals surface area contributed by atoms with Gasteiger partial charge in [0, 0.05) is 38.3 Å². The number of nitrogens with one attached hydrogen (secondary N) is 2. The Labute approximate surface area is 203 Å². The highest BCUT2D eigenvalue weighted by atomic mass is 32.1. The van der Waals surface area contributed by atoms with Crippen LogP contribution in [0.5, 0.6) is 0 Å². The number of piperidine rings is 1. The first-order valence-corrected chi connectivity index (χ1v) is 13.1. The highest BCUT2D eigenvalue weighted by Crippen LogP contribution is 2.31. The summed E-state index contributed by atoms with van der Waals surface area (Å²) < 4.78 is 0. The molecule has 0 spiro atoms. The maximum absolute atomic E-state index is 5.68. The molecule has 1 aromatic heterocycles. The monoisotopic (exact) mass is 464 g/mol. The molecule has 2 aliphatic heterocycles. The van der Waals surface area contributed by atoms with Gasteiger partial charge in [0.1, 0.15) is 11.6 Å². The molecule has 1 aromatic carbocycles. The average Bonchev–Trinajstić information content (AvgIpc) is 3.09. The fourth-order valence-electron chi connectivity index (χ4n) is 5.44. The Morgan fingerprint density at radius 3 is 2.24 bits per heavy atom. The number of rotatable bonds is 4. The normalized spacial score (nSPS) is 21.4. The topological polar surface area (TPSA) is 56.3 Å². The van der Waals surface area contributed by atoms with E-state index in [1.807, 2.05) is 0 Å². The fraction of sp³-hybridized carbons (Fsp3) is 0.577. The van der Waals surface area contributed by atoms with Crippen molar-refractivity contribution < 1.29 is 0 Å². The van der Waals surface area contributed by atoms with Gasteiger partial charge in [-0.1, -0.05) is 56.9 Å². The molecular formula is C26H36N6S. The van der Waals surface area contributed by atoms with Crippen molar-refractivity contribution in [1.82, 2.24) is 15.3 Å². The highest BCUT2D eigenvalue weighted by molar-refractivity contribution is 7.80. The Morgan fingerprint density at radius 1 is 0.909 bits per heavy atom. The number of hydrogen-bond donors (Lipinski definition) is 2. The van der Waals surface area contributed by atoms with E-state index < -0.39 is 0 Å². The van der Waals surface area contributed by atoms with Crippen LogP contribution < -0.4 is 20.4 Å². The van der Waals surface area contributed by atoms with Gasteiger partial charge in [-0.15, -0.1) is 0 Å². The molecule has 2 aromatic rings. The predicted octanol–water partition coefficient (Wildman–Crippen LogP) is 5.24. The molecule has 1 unspecified atom stereocenters. The Bertz CT molecular complexity index is 946. The molecule has 6 nitrogen and oxygen atoms in total. The summed E-state index contributed by atoms with van der Waals surface area (Å²) in [6.07, 6.45) is 10.1. The van der Waals surface area contributed by atoms with E-state index in [9.17, 15) is 0 Å². The van der Waals surface area contributed by atoms with Gasteiger partial charge >= 0.3 is 0 Å². The Kier molecular flexibility index (Phi) is 6.95. The van der Waals surface area contributed by atoms with Gasteiger partial charge in [-0.3, -0.25) is 0 Å². The quantitative estimate of drug-likeness (QED) is 0.474. The standard InChI is InChI=1S/C26H36N6S/c1-19-9-8-14-31(16-19)23-15-24(32-17-20-10-6-7-11-21(20)18-32)29-25(28-23)30-26(33)27-22-12-4-2-3-5-13-22/h6-7,10-11,15,19,22H,2-5,8-9,12-14,16-18H2,1H3,(H2,27,28,29,30,33). The van der Waals surface area contributed by atoms with Gasteiger partial charge in [-0.2, -0.15) is 9.97 Å². The number of fused-ring (bicyclic) bond motifs is 1. The van der Waals surface area contributed by atoms with Crippen LogP contribution in [-0.2, 0) is 13.1 Å². The summed E-state index contributed by atoms with van der Waals surface area (Å²) >= 11 is 5.68. The zero-order valence-electron chi connectivity index (χ0n) is 19.7. The highest BCUT2D eigenvalue weighted by Gasteiger charge is 2.24.